The predicted octanol–water partition coefficient (Wildman–Crippen LogP) is 3.39. The zero-order valence-electron chi connectivity index (χ0n) is 8.28. The fraction of sp³-hybridized carbons (Fsp3) is 0.444. The van der Waals surface area contributed by atoms with E-state index in [0.717, 1.165) is 0 Å². The summed E-state index contributed by atoms with van der Waals surface area (Å²) in [5.41, 5.74) is 9.12. The van der Waals surface area contributed by atoms with Crippen molar-refractivity contribution in [1.82, 2.24) is 4.98 Å². The summed E-state index contributed by atoms with van der Waals surface area (Å²) in [5.74, 6) is 0. The second-order valence-electron chi connectivity index (χ2n) is 3.16. The molecular formula is C9H9F3N4. The molecular weight excluding hydrogens is 221 g/mol. The zero-order chi connectivity index (χ0) is 12.0. The summed E-state index contributed by atoms with van der Waals surface area (Å²) in [6.45, 7) is 0.156. The van der Waals surface area contributed by atoms with Crippen LogP contribution in [0.1, 0.15) is 17.7 Å². The van der Waals surface area contributed by atoms with Crippen LogP contribution in [-0.4, -0.2) is 11.2 Å². The number of aromatic nitrogens is 1. The van der Waals surface area contributed by atoms with Crippen LogP contribution in [0, 0.1) is 0 Å². The van der Waals surface area contributed by atoms with Crippen molar-refractivity contribution in [1.29, 1.82) is 0 Å². The molecule has 1 aromatic rings. The van der Waals surface area contributed by atoms with Crippen LogP contribution >= 0.6 is 0 Å². The van der Waals surface area contributed by atoms with Crippen molar-refractivity contribution >= 4 is 0 Å². The van der Waals surface area contributed by atoms with Crippen molar-refractivity contribution in [3.8, 4) is 0 Å². The van der Waals surface area contributed by atoms with Crippen molar-refractivity contribution in [2.45, 2.75) is 25.6 Å². The smallest absolute Gasteiger partial charge is 0.261 e. The van der Waals surface area contributed by atoms with Gasteiger partial charge in [0.05, 0.1) is 6.54 Å². The quantitative estimate of drug-likeness (QED) is 0.444. The number of rotatable bonds is 4. The Kier molecular flexibility index (Phi) is 4.13. The molecule has 4 nitrogen and oxygen atoms in total. The van der Waals surface area contributed by atoms with E-state index in [1.165, 1.54) is 12.3 Å². The lowest BCUT2D eigenvalue weighted by Crippen LogP contribution is -2.09. The van der Waals surface area contributed by atoms with E-state index < -0.39 is 12.6 Å². The molecule has 0 radical (unpaired) electrons. The standard InChI is InChI=1S/C9H9F3N4/c10-9(11,12)4-3-8-2-1-7(5-14-8)6-15-16-13/h1-2,5H,3-4,6H2. The van der Waals surface area contributed by atoms with Crippen LogP contribution in [0.2, 0.25) is 0 Å². The Bertz CT molecular complexity index is 379. The first-order valence-electron chi connectivity index (χ1n) is 4.52. The van der Waals surface area contributed by atoms with Crippen molar-refractivity contribution in [3.63, 3.8) is 0 Å². The Morgan fingerprint density at radius 1 is 1.38 bits per heavy atom. The van der Waals surface area contributed by atoms with Crippen molar-refractivity contribution in [3.05, 3.63) is 40.0 Å². The molecule has 0 aromatic carbocycles. The molecule has 1 aromatic heterocycles. The van der Waals surface area contributed by atoms with E-state index in [1.54, 1.807) is 6.07 Å². The van der Waals surface area contributed by atoms with Crippen LogP contribution < -0.4 is 0 Å². The fourth-order valence-electron chi connectivity index (χ4n) is 1.08. The second kappa shape index (κ2) is 5.37. The van der Waals surface area contributed by atoms with E-state index in [2.05, 4.69) is 15.0 Å². The Balaban J connectivity index is 2.54. The van der Waals surface area contributed by atoms with Gasteiger partial charge in [-0.2, -0.15) is 13.2 Å². The molecule has 16 heavy (non-hydrogen) atoms. The van der Waals surface area contributed by atoms with E-state index in [-0.39, 0.29) is 13.0 Å². The molecule has 0 N–H and O–H groups in total. The first-order chi connectivity index (χ1) is 7.51. The topological polar surface area (TPSA) is 61.7 Å². The summed E-state index contributed by atoms with van der Waals surface area (Å²) in [6, 6.07) is 3.11. The predicted molar refractivity (Wildman–Crippen MR) is 51.5 cm³/mol. The highest BCUT2D eigenvalue weighted by atomic mass is 19.4. The maximum absolute atomic E-state index is 11.9. The molecule has 0 aliphatic carbocycles. The van der Waals surface area contributed by atoms with Gasteiger partial charge in [-0.1, -0.05) is 11.2 Å². The second-order valence-corrected chi connectivity index (χ2v) is 3.16. The summed E-state index contributed by atoms with van der Waals surface area (Å²) in [5, 5.41) is 3.32. The van der Waals surface area contributed by atoms with E-state index >= 15 is 0 Å². The molecule has 0 bridgehead atoms. The van der Waals surface area contributed by atoms with Crippen LogP contribution in [0.15, 0.2) is 23.4 Å². The molecule has 86 valence electrons. The molecule has 0 saturated carbocycles. The van der Waals surface area contributed by atoms with Gasteiger partial charge >= 0.3 is 6.18 Å². The Morgan fingerprint density at radius 3 is 2.62 bits per heavy atom. The lowest BCUT2D eigenvalue weighted by Gasteiger charge is -2.05. The normalized spacial score (nSPS) is 10.9. The Morgan fingerprint density at radius 2 is 2.12 bits per heavy atom. The highest BCUT2D eigenvalue weighted by Crippen LogP contribution is 2.21. The molecule has 7 heteroatoms. The summed E-state index contributed by atoms with van der Waals surface area (Å²) in [7, 11) is 0. The third-order valence-electron chi connectivity index (χ3n) is 1.87. The largest absolute Gasteiger partial charge is 0.389 e. The average molecular weight is 230 g/mol. The third kappa shape index (κ3) is 4.65. The third-order valence-corrected chi connectivity index (χ3v) is 1.87. The van der Waals surface area contributed by atoms with Gasteiger partial charge in [-0.15, -0.1) is 0 Å². The molecule has 0 unspecified atom stereocenters. The molecule has 0 aliphatic heterocycles. The van der Waals surface area contributed by atoms with Gasteiger partial charge in [0.1, 0.15) is 0 Å². The van der Waals surface area contributed by atoms with E-state index in [1.807, 2.05) is 0 Å². The molecule has 0 spiro atoms. The van der Waals surface area contributed by atoms with Gasteiger partial charge in [-0.3, -0.25) is 4.98 Å². The summed E-state index contributed by atoms with van der Waals surface area (Å²) in [4.78, 5) is 6.42. The maximum atomic E-state index is 11.9. The first-order valence-corrected chi connectivity index (χ1v) is 4.52. The van der Waals surface area contributed by atoms with Crippen LogP contribution in [-0.2, 0) is 13.0 Å². The lowest BCUT2D eigenvalue weighted by molar-refractivity contribution is -0.134. The van der Waals surface area contributed by atoms with Gasteiger partial charge in [0, 0.05) is 23.2 Å². The van der Waals surface area contributed by atoms with Crippen molar-refractivity contribution < 1.29 is 13.2 Å². The minimum absolute atomic E-state index is 0.134. The molecule has 0 aliphatic rings. The van der Waals surface area contributed by atoms with Gasteiger partial charge < -0.3 is 0 Å². The lowest BCUT2D eigenvalue weighted by atomic mass is 10.2. The molecule has 0 atom stereocenters. The molecule has 0 amide bonds. The Labute approximate surface area is 89.7 Å². The van der Waals surface area contributed by atoms with Crippen molar-refractivity contribution in [2.75, 3.05) is 0 Å². The zero-order valence-corrected chi connectivity index (χ0v) is 8.28. The molecule has 0 saturated heterocycles. The summed E-state index contributed by atoms with van der Waals surface area (Å²) >= 11 is 0. The number of aryl methyl sites for hydroxylation is 1. The summed E-state index contributed by atoms with van der Waals surface area (Å²) in [6.07, 6.45) is -3.76. The number of halogens is 3. The van der Waals surface area contributed by atoms with Crippen LogP contribution in [0.5, 0.6) is 0 Å². The number of hydrogen-bond acceptors (Lipinski definition) is 2. The first kappa shape index (κ1) is 12.3. The monoisotopic (exact) mass is 230 g/mol. The van der Waals surface area contributed by atoms with E-state index in [0.29, 0.717) is 11.3 Å². The molecule has 1 heterocycles. The van der Waals surface area contributed by atoms with Crippen molar-refractivity contribution in [2.24, 2.45) is 5.11 Å². The number of pyridine rings is 1. The summed E-state index contributed by atoms with van der Waals surface area (Å²) < 4.78 is 35.7. The van der Waals surface area contributed by atoms with Gasteiger partial charge in [0.15, 0.2) is 0 Å². The number of hydrogen-bond donors (Lipinski definition) is 0. The highest BCUT2D eigenvalue weighted by molar-refractivity contribution is 5.14. The maximum Gasteiger partial charge on any atom is 0.389 e. The van der Waals surface area contributed by atoms with E-state index in [9.17, 15) is 13.2 Å². The average Bonchev–Trinajstić information content (AvgIpc) is 2.24. The number of alkyl halides is 3. The van der Waals surface area contributed by atoms with Crippen LogP contribution in [0.25, 0.3) is 10.4 Å². The highest BCUT2D eigenvalue weighted by Gasteiger charge is 2.26. The van der Waals surface area contributed by atoms with Gasteiger partial charge in [-0.25, -0.2) is 0 Å². The minimum Gasteiger partial charge on any atom is -0.261 e. The molecule has 0 fully saturated rings. The Hall–Kier alpha value is -1.75. The fourth-order valence-corrected chi connectivity index (χ4v) is 1.08. The van der Waals surface area contributed by atoms with Crippen LogP contribution in [0.3, 0.4) is 0 Å². The van der Waals surface area contributed by atoms with Gasteiger partial charge in [0.25, 0.3) is 0 Å². The molecule has 1 rings (SSSR count). The van der Waals surface area contributed by atoms with Crippen LogP contribution in [0.4, 0.5) is 13.2 Å². The minimum atomic E-state index is -4.16. The van der Waals surface area contributed by atoms with E-state index in [4.69, 9.17) is 5.53 Å². The van der Waals surface area contributed by atoms with Gasteiger partial charge in [-0.05, 0) is 23.6 Å². The number of azide groups is 1. The number of nitrogens with zero attached hydrogens (tertiary/aromatic N) is 4. The SMILES string of the molecule is [N-]=[N+]=NCc1ccc(CCC(F)(F)F)nc1. The van der Waals surface area contributed by atoms with Gasteiger partial charge in [0.2, 0.25) is 0 Å².